The molecule has 0 aromatic rings. The van der Waals surface area contributed by atoms with Crippen molar-refractivity contribution in [2.24, 2.45) is 11.3 Å². The first-order chi connectivity index (χ1) is 4.92. The van der Waals surface area contributed by atoms with E-state index in [9.17, 15) is 0 Å². The van der Waals surface area contributed by atoms with Crippen molar-refractivity contribution in [2.75, 3.05) is 0 Å². The Morgan fingerprint density at radius 1 is 1.40 bits per heavy atom. The summed E-state index contributed by atoms with van der Waals surface area (Å²) in [4.78, 5) is 0. The maximum absolute atomic E-state index is 2.52. The first-order valence-corrected chi connectivity index (χ1v) is 4.61. The summed E-state index contributed by atoms with van der Waals surface area (Å²) in [5.41, 5.74) is 2.65. The average Bonchev–Trinajstić information content (AvgIpc) is 2.55. The Hall–Kier alpha value is -0.260. The fourth-order valence-corrected chi connectivity index (χ4v) is 3.17. The van der Waals surface area contributed by atoms with E-state index in [-0.39, 0.29) is 0 Å². The van der Waals surface area contributed by atoms with Crippen LogP contribution in [0, 0.1) is 11.3 Å². The zero-order chi connectivity index (χ0) is 6.60. The molecule has 0 amide bonds. The number of rotatable bonds is 0. The van der Waals surface area contributed by atoms with E-state index >= 15 is 0 Å². The van der Waals surface area contributed by atoms with Gasteiger partial charge in [0.2, 0.25) is 0 Å². The van der Waals surface area contributed by atoms with Crippen LogP contribution in [0.4, 0.5) is 0 Å². The number of hydrogen-bond donors (Lipinski definition) is 0. The van der Waals surface area contributed by atoms with Gasteiger partial charge in [0, 0.05) is 0 Å². The highest BCUT2D eigenvalue weighted by Crippen LogP contribution is 2.68. The first kappa shape index (κ1) is 5.40. The van der Waals surface area contributed by atoms with Gasteiger partial charge in [-0.15, -0.1) is 0 Å². The maximum atomic E-state index is 2.52. The molecular formula is C10H14. The SMILES string of the molecule is C1=C2CC23CCCCC3C1. The average molecular weight is 134 g/mol. The Morgan fingerprint density at radius 2 is 2.40 bits per heavy atom. The highest BCUT2D eigenvalue weighted by Gasteiger charge is 2.56. The Kier molecular flexibility index (Phi) is 0.805. The normalized spacial score (nSPS) is 49.6. The van der Waals surface area contributed by atoms with Crippen LogP contribution in [0.25, 0.3) is 0 Å². The highest BCUT2D eigenvalue weighted by atomic mass is 14.6. The van der Waals surface area contributed by atoms with Crippen molar-refractivity contribution in [2.45, 2.75) is 38.5 Å². The van der Waals surface area contributed by atoms with Gasteiger partial charge in [-0.1, -0.05) is 24.5 Å². The van der Waals surface area contributed by atoms with Gasteiger partial charge < -0.3 is 0 Å². The molecule has 2 fully saturated rings. The minimum Gasteiger partial charge on any atom is -0.0844 e. The van der Waals surface area contributed by atoms with Gasteiger partial charge in [-0.3, -0.25) is 0 Å². The largest absolute Gasteiger partial charge is 0.0844 e. The van der Waals surface area contributed by atoms with E-state index in [1.54, 1.807) is 0 Å². The molecule has 2 unspecified atom stereocenters. The molecule has 0 bridgehead atoms. The predicted octanol–water partition coefficient (Wildman–Crippen LogP) is 2.90. The van der Waals surface area contributed by atoms with Crippen LogP contribution in [0.2, 0.25) is 0 Å². The summed E-state index contributed by atoms with van der Waals surface area (Å²) in [6.45, 7) is 0. The lowest BCUT2D eigenvalue weighted by Crippen LogP contribution is -2.17. The molecule has 2 saturated carbocycles. The molecule has 3 aliphatic rings. The van der Waals surface area contributed by atoms with Crippen LogP contribution in [0.1, 0.15) is 38.5 Å². The van der Waals surface area contributed by atoms with Crippen molar-refractivity contribution in [1.82, 2.24) is 0 Å². The summed E-state index contributed by atoms with van der Waals surface area (Å²) in [6.07, 6.45) is 11.5. The van der Waals surface area contributed by atoms with Crippen LogP contribution in [0.15, 0.2) is 11.6 Å². The zero-order valence-electron chi connectivity index (χ0n) is 6.40. The Bertz CT molecular complexity index is 202. The Morgan fingerprint density at radius 3 is 3.20 bits per heavy atom. The quantitative estimate of drug-likeness (QED) is 0.447. The third-order valence-corrected chi connectivity index (χ3v) is 3.88. The van der Waals surface area contributed by atoms with E-state index in [1.165, 1.54) is 38.5 Å². The molecular weight excluding hydrogens is 120 g/mol. The van der Waals surface area contributed by atoms with Crippen LogP contribution < -0.4 is 0 Å². The topological polar surface area (TPSA) is 0 Å². The van der Waals surface area contributed by atoms with Gasteiger partial charge in [-0.25, -0.2) is 0 Å². The predicted molar refractivity (Wildman–Crippen MR) is 41.7 cm³/mol. The van der Waals surface area contributed by atoms with Crippen molar-refractivity contribution >= 4 is 0 Å². The molecule has 1 spiro atoms. The fourth-order valence-electron chi connectivity index (χ4n) is 3.17. The molecule has 54 valence electrons. The van der Waals surface area contributed by atoms with Crippen LogP contribution >= 0.6 is 0 Å². The Balaban J connectivity index is 1.96. The molecule has 0 aromatic carbocycles. The third-order valence-electron chi connectivity index (χ3n) is 3.88. The minimum atomic E-state index is 0.818. The molecule has 0 aliphatic heterocycles. The summed E-state index contributed by atoms with van der Waals surface area (Å²) < 4.78 is 0. The second-order valence-corrected chi connectivity index (χ2v) is 4.24. The lowest BCUT2D eigenvalue weighted by molar-refractivity contribution is 0.241. The van der Waals surface area contributed by atoms with Gasteiger partial charge in [0.1, 0.15) is 0 Å². The van der Waals surface area contributed by atoms with Gasteiger partial charge in [-0.05, 0) is 37.0 Å². The van der Waals surface area contributed by atoms with Gasteiger partial charge in [0.05, 0.1) is 0 Å². The molecule has 0 aromatic heterocycles. The second kappa shape index (κ2) is 1.49. The molecule has 0 nitrogen and oxygen atoms in total. The maximum Gasteiger partial charge on any atom is -0.00193 e. The van der Waals surface area contributed by atoms with Crippen molar-refractivity contribution in [3.63, 3.8) is 0 Å². The standard InChI is InChI=1S/C10H14/c1-2-6-10-7-9(10)5-4-8(10)3-1/h5,8H,1-4,6-7H2. The summed E-state index contributed by atoms with van der Waals surface area (Å²) in [5, 5.41) is 0. The monoisotopic (exact) mass is 134 g/mol. The van der Waals surface area contributed by atoms with Crippen LogP contribution in [0.5, 0.6) is 0 Å². The number of hydrogen-bond acceptors (Lipinski definition) is 0. The van der Waals surface area contributed by atoms with Crippen molar-refractivity contribution in [3.8, 4) is 0 Å². The summed E-state index contributed by atoms with van der Waals surface area (Å²) in [6, 6.07) is 0. The van der Waals surface area contributed by atoms with E-state index in [2.05, 4.69) is 6.08 Å². The van der Waals surface area contributed by atoms with E-state index in [4.69, 9.17) is 0 Å². The smallest absolute Gasteiger partial charge is 0.00193 e. The van der Waals surface area contributed by atoms with E-state index < -0.39 is 0 Å². The summed E-state index contributed by atoms with van der Waals surface area (Å²) in [7, 11) is 0. The van der Waals surface area contributed by atoms with Crippen molar-refractivity contribution in [1.29, 1.82) is 0 Å². The van der Waals surface area contributed by atoms with Crippen molar-refractivity contribution in [3.05, 3.63) is 11.6 Å². The molecule has 10 heavy (non-hydrogen) atoms. The van der Waals surface area contributed by atoms with E-state index in [0.717, 1.165) is 11.3 Å². The van der Waals surface area contributed by atoms with Gasteiger partial charge in [-0.2, -0.15) is 0 Å². The summed E-state index contributed by atoms with van der Waals surface area (Å²) in [5.74, 6) is 1.09. The highest BCUT2D eigenvalue weighted by molar-refractivity contribution is 5.39. The molecule has 0 radical (unpaired) electrons. The van der Waals surface area contributed by atoms with E-state index in [0.29, 0.717) is 0 Å². The fraction of sp³-hybridized carbons (Fsp3) is 0.800. The van der Waals surface area contributed by atoms with Crippen LogP contribution in [-0.4, -0.2) is 0 Å². The molecule has 0 heteroatoms. The van der Waals surface area contributed by atoms with Gasteiger partial charge >= 0.3 is 0 Å². The zero-order valence-corrected chi connectivity index (χ0v) is 6.40. The molecule has 0 heterocycles. The van der Waals surface area contributed by atoms with Crippen molar-refractivity contribution < 1.29 is 0 Å². The molecule has 3 rings (SSSR count). The first-order valence-electron chi connectivity index (χ1n) is 4.61. The lowest BCUT2D eigenvalue weighted by atomic mass is 9.77. The number of allylic oxidation sites excluding steroid dienone is 2. The van der Waals surface area contributed by atoms with Gasteiger partial charge in [0.15, 0.2) is 0 Å². The Labute approximate surface area is 62.3 Å². The molecule has 2 atom stereocenters. The molecule has 3 aliphatic carbocycles. The lowest BCUT2D eigenvalue weighted by Gasteiger charge is -2.27. The second-order valence-electron chi connectivity index (χ2n) is 4.24. The van der Waals surface area contributed by atoms with Crippen LogP contribution in [-0.2, 0) is 0 Å². The molecule has 0 saturated heterocycles. The summed E-state index contributed by atoms with van der Waals surface area (Å²) >= 11 is 0. The molecule has 0 N–H and O–H groups in total. The minimum absolute atomic E-state index is 0.818. The third kappa shape index (κ3) is 0.457. The van der Waals surface area contributed by atoms with Gasteiger partial charge in [0.25, 0.3) is 0 Å². The van der Waals surface area contributed by atoms with Crippen LogP contribution in [0.3, 0.4) is 0 Å². The van der Waals surface area contributed by atoms with E-state index in [1.807, 2.05) is 5.57 Å².